The van der Waals surface area contributed by atoms with Gasteiger partial charge < -0.3 is 15.6 Å². The van der Waals surface area contributed by atoms with Crippen LogP contribution < -0.4 is 11.2 Å². The van der Waals surface area contributed by atoms with Gasteiger partial charge in [-0.05, 0) is 30.3 Å². The first-order chi connectivity index (χ1) is 12.8. The van der Waals surface area contributed by atoms with Gasteiger partial charge in [-0.25, -0.2) is 13.1 Å². The lowest BCUT2D eigenvalue weighted by molar-refractivity contribution is -0.113. The molecule has 1 amide bonds. The number of nitrogens with zero attached hydrogens (tertiary/aromatic N) is 3. The number of aromatic nitrogens is 3. The normalized spacial score (nSPS) is 11.5. The number of halogens is 1. The second kappa shape index (κ2) is 7.62. The van der Waals surface area contributed by atoms with Crippen molar-refractivity contribution >= 4 is 44.8 Å². The fourth-order valence-corrected chi connectivity index (χ4v) is 3.56. The fraction of sp³-hybridized carbons (Fsp3) is 0.133. The maximum absolute atomic E-state index is 12.2. The van der Waals surface area contributed by atoms with E-state index in [1.54, 1.807) is 12.1 Å². The Hall–Kier alpha value is -2.50. The van der Waals surface area contributed by atoms with E-state index in [4.69, 9.17) is 21.9 Å². The van der Waals surface area contributed by atoms with E-state index in [1.165, 1.54) is 29.1 Å². The van der Waals surface area contributed by atoms with Gasteiger partial charge in [0.2, 0.25) is 16.9 Å². The summed E-state index contributed by atoms with van der Waals surface area (Å²) in [6.45, 7) is 0. The van der Waals surface area contributed by atoms with Gasteiger partial charge in [-0.2, -0.15) is 0 Å². The number of carbonyl (C=O) groups excluding carboxylic acids is 1. The second-order valence-electron chi connectivity index (χ2n) is 5.40. The summed E-state index contributed by atoms with van der Waals surface area (Å²) in [6, 6.07) is 7.46. The van der Waals surface area contributed by atoms with Crippen molar-refractivity contribution in [3.05, 3.63) is 41.6 Å². The topological polar surface area (TPSA) is 133 Å². The number of thioether (sulfide) groups is 1. The largest absolute Gasteiger partial charge is 0.461 e. The molecule has 0 atom stereocenters. The minimum atomic E-state index is -3.42. The van der Waals surface area contributed by atoms with Crippen LogP contribution in [0.15, 0.2) is 51.1 Å². The molecule has 0 aliphatic heterocycles. The maximum atomic E-state index is 12.2. The van der Waals surface area contributed by atoms with Gasteiger partial charge in [-0.3, -0.25) is 4.79 Å². The maximum Gasteiger partial charge on any atom is 0.234 e. The Morgan fingerprint density at radius 2 is 2.15 bits per heavy atom. The van der Waals surface area contributed by atoms with Gasteiger partial charge >= 0.3 is 0 Å². The molecule has 0 saturated heterocycles. The molecule has 3 N–H and O–H groups in total. The lowest BCUT2D eigenvalue weighted by atomic mass is 10.3. The van der Waals surface area contributed by atoms with E-state index in [9.17, 15) is 13.2 Å². The Labute approximate surface area is 163 Å². The van der Waals surface area contributed by atoms with Crippen LogP contribution in [0.25, 0.3) is 11.6 Å². The molecule has 0 bridgehead atoms. The smallest absolute Gasteiger partial charge is 0.234 e. The number of furan rings is 1. The molecule has 0 aliphatic rings. The number of nitrogens with two attached hydrogens (primary N) is 1. The lowest BCUT2D eigenvalue weighted by Crippen LogP contribution is -2.17. The van der Waals surface area contributed by atoms with Gasteiger partial charge in [0.05, 0.1) is 27.6 Å². The van der Waals surface area contributed by atoms with Crippen LogP contribution in [0.5, 0.6) is 0 Å². The number of benzene rings is 1. The Bertz CT molecular complexity index is 1080. The van der Waals surface area contributed by atoms with Gasteiger partial charge in [0.15, 0.2) is 15.6 Å². The van der Waals surface area contributed by atoms with E-state index in [0.717, 1.165) is 18.0 Å². The minimum absolute atomic E-state index is 0.0348. The van der Waals surface area contributed by atoms with E-state index in [2.05, 4.69) is 15.5 Å². The molecule has 12 heteroatoms. The third kappa shape index (κ3) is 4.43. The summed E-state index contributed by atoms with van der Waals surface area (Å²) in [6.07, 6.45) is 2.56. The Morgan fingerprint density at radius 1 is 1.37 bits per heavy atom. The summed E-state index contributed by atoms with van der Waals surface area (Å²) < 4.78 is 29.7. The predicted octanol–water partition coefficient (Wildman–Crippen LogP) is 2.04. The molecule has 2 aromatic heterocycles. The van der Waals surface area contributed by atoms with Crippen LogP contribution in [0.1, 0.15) is 0 Å². The molecule has 0 unspecified atom stereocenters. The van der Waals surface area contributed by atoms with Crippen LogP contribution in [-0.4, -0.2) is 41.2 Å². The zero-order valence-electron chi connectivity index (χ0n) is 13.9. The number of hydrogen-bond donors (Lipinski definition) is 2. The van der Waals surface area contributed by atoms with Crippen molar-refractivity contribution in [1.29, 1.82) is 0 Å². The van der Waals surface area contributed by atoms with Crippen molar-refractivity contribution in [2.45, 2.75) is 10.1 Å². The zero-order valence-corrected chi connectivity index (χ0v) is 16.3. The molecular formula is C15H14ClN5O4S2. The van der Waals surface area contributed by atoms with Gasteiger partial charge in [0, 0.05) is 6.26 Å². The van der Waals surface area contributed by atoms with Gasteiger partial charge in [-0.1, -0.05) is 23.4 Å². The number of amides is 1. The lowest BCUT2D eigenvalue weighted by Gasteiger charge is -2.09. The van der Waals surface area contributed by atoms with Crippen LogP contribution >= 0.6 is 23.4 Å². The fourth-order valence-electron chi connectivity index (χ4n) is 2.10. The van der Waals surface area contributed by atoms with Crippen molar-refractivity contribution in [3.8, 4) is 11.6 Å². The quantitative estimate of drug-likeness (QED) is 0.451. The highest BCUT2D eigenvalue weighted by Crippen LogP contribution is 2.26. The number of rotatable bonds is 6. The number of sulfone groups is 1. The van der Waals surface area contributed by atoms with E-state index in [1.807, 2.05) is 0 Å². The summed E-state index contributed by atoms with van der Waals surface area (Å²) >= 11 is 7.08. The molecular weight excluding hydrogens is 414 g/mol. The van der Waals surface area contributed by atoms with Crippen molar-refractivity contribution in [2.75, 3.05) is 23.2 Å². The van der Waals surface area contributed by atoms with Crippen LogP contribution in [0.2, 0.25) is 5.02 Å². The minimum Gasteiger partial charge on any atom is -0.461 e. The summed E-state index contributed by atoms with van der Waals surface area (Å²) in [5.74, 6) is 6.25. The number of nitrogens with one attached hydrogen (secondary N) is 1. The van der Waals surface area contributed by atoms with E-state index >= 15 is 0 Å². The highest BCUT2D eigenvalue weighted by Gasteiger charge is 2.16. The first-order valence-electron chi connectivity index (χ1n) is 7.42. The number of nitrogen functional groups attached to an aromatic ring is 1. The zero-order chi connectivity index (χ0) is 19.6. The third-order valence-electron chi connectivity index (χ3n) is 3.38. The van der Waals surface area contributed by atoms with Crippen LogP contribution in [0, 0.1) is 0 Å². The Morgan fingerprint density at radius 3 is 2.81 bits per heavy atom. The van der Waals surface area contributed by atoms with Crippen LogP contribution in [0.3, 0.4) is 0 Å². The first kappa shape index (κ1) is 19.3. The average Bonchev–Trinajstić information content (AvgIpc) is 3.23. The molecule has 0 spiro atoms. The molecule has 0 radical (unpaired) electrons. The summed E-state index contributed by atoms with van der Waals surface area (Å²) in [7, 11) is -3.42. The molecule has 27 heavy (non-hydrogen) atoms. The predicted molar refractivity (Wildman–Crippen MR) is 102 cm³/mol. The van der Waals surface area contributed by atoms with Crippen LogP contribution in [0.4, 0.5) is 5.69 Å². The molecule has 3 rings (SSSR count). The summed E-state index contributed by atoms with van der Waals surface area (Å²) in [4.78, 5) is 12.2. The third-order valence-corrected chi connectivity index (χ3v) is 5.76. The second-order valence-corrected chi connectivity index (χ2v) is 8.77. The van der Waals surface area contributed by atoms with Gasteiger partial charge in [0.25, 0.3) is 0 Å². The van der Waals surface area contributed by atoms with E-state index in [-0.39, 0.29) is 21.4 Å². The Balaban J connectivity index is 1.68. The van der Waals surface area contributed by atoms with Crippen molar-refractivity contribution in [1.82, 2.24) is 14.9 Å². The first-order valence-corrected chi connectivity index (χ1v) is 10.7. The molecule has 0 fully saturated rings. The molecule has 0 saturated carbocycles. The van der Waals surface area contributed by atoms with E-state index < -0.39 is 15.7 Å². The number of anilines is 1. The van der Waals surface area contributed by atoms with Gasteiger partial charge in [0.1, 0.15) is 0 Å². The molecule has 1 aromatic carbocycles. The summed E-state index contributed by atoms with van der Waals surface area (Å²) in [5.41, 5.74) is 0.204. The Kier molecular flexibility index (Phi) is 5.44. The monoisotopic (exact) mass is 427 g/mol. The van der Waals surface area contributed by atoms with Crippen molar-refractivity contribution in [3.63, 3.8) is 0 Å². The number of carbonyl (C=O) groups is 1. The molecule has 2 heterocycles. The molecule has 3 aromatic rings. The molecule has 142 valence electrons. The van der Waals surface area contributed by atoms with Crippen LogP contribution in [-0.2, 0) is 14.6 Å². The highest BCUT2D eigenvalue weighted by atomic mass is 35.5. The SMILES string of the molecule is CS(=O)(=O)c1ccc(Cl)c(NC(=O)CSc2nnc(-c3ccco3)n2N)c1. The van der Waals surface area contributed by atoms with Crippen molar-refractivity contribution < 1.29 is 17.6 Å². The van der Waals surface area contributed by atoms with E-state index in [0.29, 0.717) is 16.7 Å². The average molecular weight is 428 g/mol. The highest BCUT2D eigenvalue weighted by molar-refractivity contribution is 7.99. The summed E-state index contributed by atoms with van der Waals surface area (Å²) in [5, 5.41) is 11.0. The molecule has 0 aliphatic carbocycles. The standard InChI is InChI=1S/C15H14ClN5O4S2/c1-27(23,24)9-4-5-10(16)11(7-9)18-13(22)8-26-15-20-19-14(21(15)17)12-3-2-6-25-12/h2-7H,8,17H2,1H3,(H,18,22). The molecule has 9 nitrogen and oxygen atoms in total. The van der Waals surface area contributed by atoms with Gasteiger partial charge in [-0.15, -0.1) is 10.2 Å². The van der Waals surface area contributed by atoms with Crippen molar-refractivity contribution in [2.24, 2.45) is 0 Å². The number of hydrogen-bond acceptors (Lipinski definition) is 8.